The largest absolute Gasteiger partial charge is 0.368 e. The summed E-state index contributed by atoms with van der Waals surface area (Å²) in [5.74, 6) is -0.370. The first-order valence-corrected chi connectivity index (χ1v) is 10.4. The van der Waals surface area contributed by atoms with Gasteiger partial charge in [0.2, 0.25) is 5.91 Å². The zero-order valence-electron chi connectivity index (χ0n) is 18.4. The van der Waals surface area contributed by atoms with Gasteiger partial charge in [0, 0.05) is 31.3 Å². The Morgan fingerprint density at radius 3 is 2.31 bits per heavy atom. The van der Waals surface area contributed by atoms with Gasteiger partial charge in [0.15, 0.2) is 5.96 Å². The second-order valence-electron chi connectivity index (χ2n) is 7.00. The van der Waals surface area contributed by atoms with E-state index in [1.54, 1.807) is 25.2 Å². The Kier molecular flexibility index (Phi) is 9.70. The molecule has 0 saturated heterocycles. The van der Waals surface area contributed by atoms with E-state index in [1.165, 1.54) is 0 Å². The van der Waals surface area contributed by atoms with Crippen molar-refractivity contribution >= 4 is 23.7 Å². The van der Waals surface area contributed by atoms with Crippen molar-refractivity contribution in [1.29, 1.82) is 0 Å². The van der Waals surface area contributed by atoms with Crippen LogP contribution in [0.2, 0.25) is 0 Å². The molecule has 0 heterocycles. The summed E-state index contributed by atoms with van der Waals surface area (Å²) in [6, 6.07) is 14.5. The van der Waals surface area contributed by atoms with E-state index in [4.69, 9.17) is 5.73 Å². The number of nitrogens with two attached hydrogens (primary N) is 1. The molecule has 9 heteroatoms. The standard InChI is InChI=1S/C23H30N6O3/c1-3-26-23(27-12-11-16-5-4-6-19(13-16)21(31)25-2)29-14-17-7-9-18(10-8-17)22(32)28-15-20(24)30/h4-10,13H,3,11-12,14-15H2,1-2H3,(H2,24,30)(H,25,31)(H,28,32)(H2,26,27,29). The first-order valence-electron chi connectivity index (χ1n) is 10.4. The minimum absolute atomic E-state index is 0.105. The lowest BCUT2D eigenvalue weighted by atomic mass is 10.1. The molecule has 6 N–H and O–H groups in total. The van der Waals surface area contributed by atoms with Crippen LogP contribution in [0.3, 0.4) is 0 Å². The van der Waals surface area contributed by atoms with Crippen molar-refractivity contribution in [1.82, 2.24) is 21.3 Å². The summed E-state index contributed by atoms with van der Waals surface area (Å²) in [6.45, 7) is 3.60. The summed E-state index contributed by atoms with van der Waals surface area (Å²) in [5, 5.41) is 11.6. The number of nitrogens with zero attached hydrogens (tertiary/aromatic N) is 1. The molecular formula is C23H30N6O3. The van der Waals surface area contributed by atoms with E-state index in [9.17, 15) is 14.4 Å². The van der Waals surface area contributed by atoms with Gasteiger partial charge < -0.3 is 27.0 Å². The smallest absolute Gasteiger partial charge is 0.251 e. The third-order valence-electron chi connectivity index (χ3n) is 4.53. The highest BCUT2D eigenvalue weighted by molar-refractivity contribution is 5.96. The van der Waals surface area contributed by atoms with Gasteiger partial charge in [-0.2, -0.15) is 0 Å². The summed E-state index contributed by atoms with van der Waals surface area (Å²) in [6.07, 6.45) is 0.740. The molecule has 0 bridgehead atoms. The number of rotatable bonds is 10. The molecule has 9 nitrogen and oxygen atoms in total. The highest BCUT2D eigenvalue weighted by Gasteiger charge is 2.07. The molecule has 0 atom stereocenters. The Labute approximate surface area is 187 Å². The molecule has 2 aromatic rings. The van der Waals surface area contributed by atoms with Crippen LogP contribution in [0.5, 0.6) is 0 Å². The second-order valence-corrected chi connectivity index (χ2v) is 7.00. The van der Waals surface area contributed by atoms with E-state index in [-0.39, 0.29) is 18.4 Å². The molecule has 3 amide bonds. The maximum absolute atomic E-state index is 11.9. The normalized spacial score (nSPS) is 10.9. The fourth-order valence-corrected chi connectivity index (χ4v) is 2.88. The fraction of sp³-hybridized carbons (Fsp3) is 0.304. The van der Waals surface area contributed by atoms with Crippen molar-refractivity contribution in [2.45, 2.75) is 19.9 Å². The summed E-state index contributed by atoms with van der Waals surface area (Å²) in [7, 11) is 1.61. The van der Waals surface area contributed by atoms with Crippen LogP contribution in [0, 0.1) is 0 Å². The number of aliphatic imine (C=N–C) groups is 1. The topological polar surface area (TPSA) is 138 Å². The number of carbonyl (C=O) groups excluding carboxylic acids is 3. The molecule has 0 fully saturated rings. The maximum Gasteiger partial charge on any atom is 0.251 e. The van der Waals surface area contributed by atoms with E-state index < -0.39 is 5.91 Å². The Hall–Kier alpha value is -3.88. The predicted octanol–water partition coefficient (Wildman–Crippen LogP) is 0.559. The van der Waals surface area contributed by atoms with Crippen LogP contribution in [0.1, 0.15) is 38.8 Å². The highest BCUT2D eigenvalue weighted by atomic mass is 16.2. The van der Waals surface area contributed by atoms with E-state index in [2.05, 4.69) is 26.3 Å². The number of benzene rings is 2. The number of primary amides is 1. The Bertz CT molecular complexity index is 956. The van der Waals surface area contributed by atoms with Gasteiger partial charge in [-0.1, -0.05) is 24.3 Å². The van der Waals surface area contributed by atoms with Crippen LogP contribution in [-0.2, 0) is 17.8 Å². The first kappa shape index (κ1) is 24.4. The minimum Gasteiger partial charge on any atom is -0.368 e. The van der Waals surface area contributed by atoms with Crippen LogP contribution < -0.4 is 27.0 Å². The number of carbonyl (C=O) groups is 3. The second kappa shape index (κ2) is 12.7. The first-order chi connectivity index (χ1) is 15.4. The quantitative estimate of drug-likeness (QED) is 0.273. The molecule has 0 aliphatic carbocycles. The molecule has 32 heavy (non-hydrogen) atoms. The number of amides is 3. The Morgan fingerprint density at radius 1 is 0.906 bits per heavy atom. The molecule has 0 aromatic heterocycles. The molecule has 2 rings (SSSR count). The van der Waals surface area contributed by atoms with E-state index in [0.29, 0.717) is 30.2 Å². The molecular weight excluding hydrogens is 408 g/mol. The number of guanidine groups is 1. The van der Waals surface area contributed by atoms with Gasteiger partial charge in [0.05, 0.1) is 13.1 Å². The van der Waals surface area contributed by atoms with Crippen molar-refractivity contribution in [2.24, 2.45) is 10.7 Å². The lowest BCUT2D eigenvalue weighted by Crippen LogP contribution is -2.38. The Morgan fingerprint density at radius 2 is 1.66 bits per heavy atom. The zero-order chi connectivity index (χ0) is 23.3. The number of hydrogen-bond acceptors (Lipinski definition) is 4. The fourth-order valence-electron chi connectivity index (χ4n) is 2.88. The summed E-state index contributed by atoms with van der Waals surface area (Å²) < 4.78 is 0. The van der Waals surface area contributed by atoms with Crippen molar-refractivity contribution in [3.05, 3.63) is 70.8 Å². The highest BCUT2D eigenvalue weighted by Crippen LogP contribution is 2.07. The number of nitrogens with one attached hydrogen (secondary N) is 4. The van der Waals surface area contributed by atoms with Crippen LogP contribution in [0.25, 0.3) is 0 Å². The van der Waals surface area contributed by atoms with Crippen LogP contribution in [0.4, 0.5) is 0 Å². The van der Waals surface area contributed by atoms with Gasteiger partial charge in [-0.3, -0.25) is 14.4 Å². The molecule has 0 aliphatic heterocycles. The molecule has 0 spiro atoms. The SMILES string of the molecule is CCNC(=NCc1ccc(C(=O)NCC(N)=O)cc1)NCCc1cccc(C(=O)NC)c1. The van der Waals surface area contributed by atoms with Crippen LogP contribution in [-0.4, -0.2) is 50.4 Å². The average Bonchev–Trinajstić information content (AvgIpc) is 2.81. The molecule has 2 aromatic carbocycles. The van der Waals surface area contributed by atoms with Crippen LogP contribution in [0.15, 0.2) is 53.5 Å². The lowest BCUT2D eigenvalue weighted by molar-refractivity contribution is -0.117. The van der Waals surface area contributed by atoms with Gasteiger partial charge in [-0.05, 0) is 48.7 Å². The van der Waals surface area contributed by atoms with E-state index >= 15 is 0 Å². The third kappa shape index (κ3) is 8.10. The molecule has 0 radical (unpaired) electrons. The molecule has 170 valence electrons. The van der Waals surface area contributed by atoms with E-state index in [0.717, 1.165) is 24.1 Å². The average molecular weight is 439 g/mol. The van der Waals surface area contributed by atoms with Crippen molar-refractivity contribution < 1.29 is 14.4 Å². The van der Waals surface area contributed by atoms with Crippen molar-refractivity contribution in [2.75, 3.05) is 26.7 Å². The molecule has 0 aliphatic rings. The Balaban J connectivity index is 1.90. The molecule has 0 saturated carbocycles. The predicted molar refractivity (Wildman–Crippen MR) is 124 cm³/mol. The van der Waals surface area contributed by atoms with E-state index in [1.807, 2.05) is 37.3 Å². The number of hydrogen-bond donors (Lipinski definition) is 5. The van der Waals surface area contributed by atoms with Crippen molar-refractivity contribution in [3.63, 3.8) is 0 Å². The summed E-state index contributed by atoms with van der Waals surface area (Å²) in [5.41, 5.74) is 8.11. The maximum atomic E-state index is 11.9. The lowest BCUT2D eigenvalue weighted by Gasteiger charge is -2.12. The van der Waals surface area contributed by atoms with Crippen LogP contribution >= 0.6 is 0 Å². The monoisotopic (exact) mass is 438 g/mol. The van der Waals surface area contributed by atoms with Gasteiger partial charge >= 0.3 is 0 Å². The van der Waals surface area contributed by atoms with Crippen molar-refractivity contribution in [3.8, 4) is 0 Å². The molecule has 0 unspecified atom stereocenters. The third-order valence-corrected chi connectivity index (χ3v) is 4.53. The van der Waals surface area contributed by atoms with Gasteiger partial charge in [-0.25, -0.2) is 4.99 Å². The zero-order valence-corrected chi connectivity index (χ0v) is 18.4. The van der Waals surface area contributed by atoms with Gasteiger partial charge in [0.25, 0.3) is 11.8 Å². The summed E-state index contributed by atoms with van der Waals surface area (Å²) >= 11 is 0. The minimum atomic E-state index is -0.591. The van der Waals surface area contributed by atoms with Gasteiger partial charge in [-0.15, -0.1) is 0 Å². The van der Waals surface area contributed by atoms with Gasteiger partial charge in [0.1, 0.15) is 0 Å². The summed E-state index contributed by atoms with van der Waals surface area (Å²) in [4.78, 5) is 39.1.